The number of benzene rings is 1. The Morgan fingerprint density at radius 2 is 1.25 bits per heavy atom. The van der Waals surface area contributed by atoms with Gasteiger partial charge in [-0.3, -0.25) is 38.4 Å². The van der Waals surface area contributed by atoms with Crippen LogP contribution in [-0.2, 0) is 82.7 Å². The lowest BCUT2D eigenvalue weighted by molar-refractivity contribution is -0.310. The SMILES string of the molecule is CC(=O)OC[C@H](OC(C)=O)[C@@H](OC(C)=O)[C@H](OC(C)=O)[C@H](OC(C)=O)C(=O)NC[C@H]1O[C@@](O)(Cc2ccccc2)[C@H](N)[C@@H](OC(C)=O)[C@@H]1OC(C)=O. The van der Waals surface area contributed by atoms with Gasteiger partial charge in [0.15, 0.2) is 36.3 Å². The molecule has 4 N–H and O–H groups in total. The molecular weight excluding hydrogens is 696 g/mol. The molecule has 19 nitrogen and oxygen atoms in total. The molecule has 1 aliphatic heterocycles. The van der Waals surface area contributed by atoms with E-state index in [1.54, 1.807) is 30.3 Å². The average Bonchev–Trinajstić information content (AvgIpc) is 3.02. The highest BCUT2D eigenvalue weighted by atomic mass is 16.7. The summed E-state index contributed by atoms with van der Waals surface area (Å²) in [7, 11) is 0. The molecule has 288 valence electrons. The summed E-state index contributed by atoms with van der Waals surface area (Å²) in [5.74, 6) is -10.2. The number of nitrogens with two attached hydrogens (primary N) is 1. The van der Waals surface area contributed by atoms with Gasteiger partial charge in [0, 0.05) is 61.4 Å². The highest BCUT2D eigenvalue weighted by Crippen LogP contribution is 2.33. The predicted molar refractivity (Wildman–Crippen MR) is 171 cm³/mol. The Morgan fingerprint density at radius 1 is 0.731 bits per heavy atom. The van der Waals surface area contributed by atoms with Gasteiger partial charge in [-0.25, -0.2) is 0 Å². The Hall–Kier alpha value is -5.14. The van der Waals surface area contributed by atoms with Crippen molar-refractivity contribution in [2.45, 2.75) is 109 Å². The number of carbonyl (C=O) groups is 8. The fourth-order valence-corrected chi connectivity index (χ4v) is 5.35. The standard InChI is InChI=1S/C33H44N2O17/c1-16(36)45-15-25(46-17(2)37)27(48-19(4)39)28(49-20(5)40)30(51-22(7)42)32(43)35-14-24-26(47-18(3)38)29(50-21(6)41)31(34)33(44,52-24)13-23-11-9-8-10-12-23/h8-12,24-31,44H,13-15,34H2,1-7H3,(H,35,43)/t24-,25+,26-,27-,28+,29+,30+,31-,33+/m1/s1. The van der Waals surface area contributed by atoms with E-state index in [1.807, 2.05) is 0 Å². The molecule has 1 aliphatic rings. The normalized spacial score (nSPS) is 23.2. The molecule has 0 radical (unpaired) electrons. The summed E-state index contributed by atoms with van der Waals surface area (Å²) in [6.07, 6.45) is -12.6. The van der Waals surface area contributed by atoms with Crippen molar-refractivity contribution in [2.75, 3.05) is 13.2 Å². The predicted octanol–water partition coefficient (Wildman–Crippen LogP) is -1.09. The molecule has 0 spiro atoms. The molecule has 1 saturated heterocycles. The third-order valence-corrected chi connectivity index (χ3v) is 7.21. The number of nitrogens with one attached hydrogen (secondary N) is 1. The van der Waals surface area contributed by atoms with E-state index in [4.69, 9.17) is 43.6 Å². The lowest BCUT2D eigenvalue weighted by Gasteiger charge is -2.48. The zero-order valence-corrected chi connectivity index (χ0v) is 29.7. The summed E-state index contributed by atoms with van der Waals surface area (Å²) >= 11 is 0. The Labute approximate surface area is 298 Å². The van der Waals surface area contributed by atoms with Gasteiger partial charge in [-0.1, -0.05) is 30.3 Å². The van der Waals surface area contributed by atoms with E-state index in [-0.39, 0.29) is 6.42 Å². The molecule has 52 heavy (non-hydrogen) atoms. The largest absolute Gasteiger partial charge is 0.462 e. The lowest BCUT2D eigenvalue weighted by Crippen LogP contribution is -2.71. The van der Waals surface area contributed by atoms with E-state index >= 15 is 0 Å². The van der Waals surface area contributed by atoms with Gasteiger partial charge in [0.25, 0.3) is 5.91 Å². The maximum Gasteiger partial charge on any atom is 0.303 e. The van der Waals surface area contributed by atoms with Gasteiger partial charge >= 0.3 is 41.8 Å². The number of amides is 1. The number of aliphatic hydroxyl groups is 1. The summed E-state index contributed by atoms with van der Waals surface area (Å²) in [5.41, 5.74) is 6.90. The molecule has 9 atom stereocenters. The quantitative estimate of drug-likeness (QED) is 0.134. The minimum absolute atomic E-state index is 0.251. The molecule has 0 unspecified atom stereocenters. The molecule has 19 heteroatoms. The van der Waals surface area contributed by atoms with Crippen LogP contribution in [0.25, 0.3) is 0 Å². The van der Waals surface area contributed by atoms with E-state index in [2.05, 4.69) is 5.32 Å². The number of carbonyl (C=O) groups excluding carboxylic acids is 8. The summed E-state index contributed by atoms with van der Waals surface area (Å²) in [4.78, 5) is 98.7. The molecule has 0 saturated carbocycles. The van der Waals surface area contributed by atoms with Crippen molar-refractivity contribution >= 4 is 47.7 Å². The summed E-state index contributed by atoms with van der Waals surface area (Å²) in [5, 5.41) is 14.1. The molecule has 0 aromatic heterocycles. The number of ether oxygens (including phenoxy) is 8. The van der Waals surface area contributed by atoms with E-state index < -0.39 is 115 Å². The van der Waals surface area contributed by atoms with Crippen molar-refractivity contribution in [2.24, 2.45) is 5.73 Å². The van der Waals surface area contributed by atoms with Gasteiger partial charge in [0.05, 0.1) is 0 Å². The molecule has 1 heterocycles. The lowest BCUT2D eigenvalue weighted by atomic mass is 9.86. The minimum Gasteiger partial charge on any atom is -0.462 e. The van der Waals surface area contributed by atoms with Crippen LogP contribution in [0.1, 0.15) is 54.0 Å². The Morgan fingerprint density at radius 3 is 1.75 bits per heavy atom. The van der Waals surface area contributed by atoms with Crippen molar-refractivity contribution in [3.63, 3.8) is 0 Å². The Balaban J connectivity index is 2.60. The second-order valence-corrected chi connectivity index (χ2v) is 11.7. The average molecular weight is 741 g/mol. The van der Waals surface area contributed by atoms with Crippen LogP contribution in [0.3, 0.4) is 0 Å². The van der Waals surface area contributed by atoms with E-state index in [0.717, 1.165) is 48.5 Å². The molecule has 1 fully saturated rings. The van der Waals surface area contributed by atoms with Gasteiger partial charge in [0.2, 0.25) is 6.10 Å². The third-order valence-electron chi connectivity index (χ3n) is 7.21. The van der Waals surface area contributed by atoms with Crippen LogP contribution < -0.4 is 11.1 Å². The number of hydrogen-bond donors (Lipinski definition) is 3. The zero-order chi connectivity index (χ0) is 39.3. The van der Waals surface area contributed by atoms with Gasteiger partial charge < -0.3 is 54.1 Å². The van der Waals surface area contributed by atoms with Crippen LogP contribution in [-0.4, -0.2) is 121 Å². The van der Waals surface area contributed by atoms with Gasteiger partial charge in [-0.05, 0) is 5.56 Å². The fourth-order valence-electron chi connectivity index (χ4n) is 5.35. The van der Waals surface area contributed by atoms with Crippen molar-refractivity contribution in [3.8, 4) is 0 Å². The monoisotopic (exact) mass is 740 g/mol. The van der Waals surface area contributed by atoms with E-state index in [9.17, 15) is 43.5 Å². The minimum atomic E-state index is -2.28. The topological polar surface area (TPSA) is 269 Å². The maximum atomic E-state index is 13.9. The van der Waals surface area contributed by atoms with Crippen LogP contribution in [0.2, 0.25) is 0 Å². The Bertz CT molecular complexity index is 1470. The molecule has 0 aliphatic carbocycles. The maximum absolute atomic E-state index is 13.9. The molecule has 2 rings (SSSR count). The molecule has 1 amide bonds. The molecule has 1 aromatic rings. The van der Waals surface area contributed by atoms with Gasteiger partial charge in [-0.15, -0.1) is 0 Å². The molecule has 1 aromatic carbocycles. The first-order valence-electron chi connectivity index (χ1n) is 15.9. The first-order chi connectivity index (χ1) is 24.2. The first-order valence-corrected chi connectivity index (χ1v) is 15.9. The van der Waals surface area contributed by atoms with Crippen LogP contribution in [0.4, 0.5) is 0 Å². The van der Waals surface area contributed by atoms with Crippen LogP contribution in [0.15, 0.2) is 30.3 Å². The summed E-state index contributed by atoms with van der Waals surface area (Å²) < 4.78 is 42.7. The fraction of sp³-hybridized carbons (Fsp3) is 0.576. The first kappa shape index (κ1) is 43.0. The zero-order valence-electron chi connectivity index (χ0n) is 29.7. The highest BCUT2D eigenvalue weighted by molar-refractivity contribution is 5.84. The summed E-state index contributed by atoms with van der Waals surface area (Å²) in [6, 6.07) is 6.93. The van der Waals surface area contributed by atoms with Gasteiger partial charge in [0.1, 0.15) is 18.8 Å². The van der Waals surface area contributed by atoms with Gasteiger partial charge in [-0.2, -0.15) is 0 Å². The second kappa shape index (κ2) is 19.5. The number of esters is 7. The van der Waals surface area contributed by atoms with Crippen molar-refractivity contribution in [3.05, 3.63) is 35.9 Å². The molecular formula is C33H44N2O17. The second-order valence-electron chi connectivity index (χ2n) is 11.7. The third kappa shape index (κ3) is 13.2. The van der Waals surface area contributed by atoms with E-state index in [1.165, 1.54) is 0 Å². The van der Waals surface area contributed by atoms with Crippen molar-refractivity contribution < 1.29 is 81.4 Å². The Kier molecular flexibility index (Phi) is 16.1. The molecule has 0 bridgehead atoms. The summed E-state index contributed by atoms with van der Waals surface area (Å²) in [6.45, 7) is 5.44. The van der Waals surface area contributed by atoms with Crippen LogP contribution in [0, 0.1) is 0 Å². The number of rotatable bonds is 16. The van der Waals surface area contributed by atoms with E-state index in [0.29, 0.717) is 5.56 Å². The van der Waals surface area contributed by atoms with Crippen LogP contribution in [0.5, 0.6) is 0 Å². The number of hydrogen-bond acceptors (Lipinski definition) is 18. The van der Waals surface area contributed by atoms with Crippen molar-refractivity contribution in [1.82, 2.24) is 5.32 Å². The smallest absolute Gasteiger partial charge is 0.303 e. The van der Waals surface area contributed by atoms with Crippen LogP contribution >= 0.6 is 0 Å². The highest BCUT2D eigenvalue weighted by Gasteiger charge is 2.56. The van der Waals surface area contributed by atoms with Crippen molar-refractivity contribution in [1.29, 1.82) is 0 Å².